The molecule has 1 aliphatic rings. The Bertz CT molecular complexity index is 518. The molecule has 1 aromatic rings. The number of aliphatic hydroxyl groups is 1. The number of hydrogen-bond acceptors (Lipinski definition) is 3. The molecule has 4 nitrogen and oxygen atoms in total. The third-order valence-corrected chi connectivity index (χ3v) is 3.32. The summed E-state index contributed by atoms with van der Waals surface area (Å²) < 4.78 is 0. The molecule has 1 amide bonds. The van der Waals surface area contributed by atoms with Crippen molar-refractivity contribution in [3.05, 3.63) is 34.9 Å². The van der Waals surface area contributed by atoms with E-state index < -0.39 is 18.1 Å². The van der Waals surface area contributed by atoms with Crippen molar-refractivity contribution in [1.29, 1.82) is 0 Å². The number of likely N-dealkylation sites (tertiary alicyclic amines) is 1. The van der Waals surface area contributed by atoms with E-state index in [9.17, 15) is 9.90 Å². The van der Waals surface area contributed by atoms with Gasteiger partial charge in [0, 0.05) is 17.1 Å². The molecule has 19 heavy (non-hydrogen) atoms. The minimum absolute atomic E-state index is 0.387. The van der Waals surface area contributed by atoms with Crippen LogP contribution < -0.4 is 5.73 Å². The summed E-state index contributed by atoms with van der Waals surface area (Å²) in [4.78, 5) is 13.0. The van der Waals surface area contributed by atoms with Crippen molar-refractivity contribution in [1.82, 2.24) is 4.90 Å². The maximum atomic E-state index is 11.2. The molecule has 0 bridgehead atoms. The summed E-state index contributed by atoms with van der Waals surface area (Å²) in [6, 6.07) is 6.79. The number of carbonyl (C=O) groups is 1. The van der Waals surface area contributed by atoms with Gasteiger partial charge >= 0.3 is 0 Å². The number of aliphatic hydroxyl groups excluding tert-OH is 1. The molecule has 0 spiro atoms. The molecular formula is C14H15ClN2O2. The molecule has 0 radical (unpaired) electrons. The van der Waals surface area contributed by atoms with E-state index in [4.69, 9.17) is 17.3 Å². The molecule has 0 aromatic heterocycles. The van der Waals surface area contributed by atoms with Crippen molar-refractivity contribution in [2.45, 2.75) is 18.6 Å². The molecule has 2 unspecified atom stereocenters. The fraction of sp³-hybridized carbons (Fsp3) is 0.357. The number of hydrogen-bond donors (Lipinski definition) is 2. The predicted octanol–water partition coefficient (Wildman–Crippen LogP) is 0.612. The Kier molecular flexibility index (Phi) is 4.43. The van der Waals surface area contributed by atoms with Gasteiger partial charge in [-0.05, 0) is 30.7 Å². The van der Waals surface area contributed by atoms with Gasteiger partial charge in [0.05, 0.1) is 18.7 Å². The van der Waals surface area contributed by atoms with Gasteiger partial charge in [-0.3, -0.25) is 9.69 Å². The maximum Gasteiger partial charge on any atom is 0.234 e. The molecule has 3 N–H and O–H groups in total. The first-order chi connectivity index (χ1) is 9.06. The normalized spacial score (nSPS) is 22.8. The van der Waals surface area contributed by atoms with Gasteiger partial charge in [-0.2, -0.15) is 0 Å². The van der Waals surface area contributed by atoms with Crippen molar-refractivity contribution in [2.24, 2.45) is 5.73 Å². The Hall–Kier alpha value is -1.54. The van der Waals surface area contributed by atoms with Crippen LogP contribution in [0.25, 0.3) is 0 Å². The number of β-amino-alcohol motifs (C(OH)–C–C–N with tert-alkyl or cyclic N) is 1. The second-order valence-electron chi connectivity index (χ2n) is 4.55. The van der Waals surface area contributed by atoms with E-state index in [1.807, 2.05) is 12.1 Å². The van der Waals surface area contributed by atoms with Crippen LogP contribution in [0.3, 0.4) is 0 Å². The van der Waals surface area contributed by atoms with E-state index in [2.05, 4.69) is 11.8 Å². The minimum atomic E-state index is -0.505. The lowest BCUT2D eigenvalue weighted by atomic mass is 10.2. The van der Waals surface area contributed by atoms with Gasteiger partial charge < -0.3 is 10.8 Å². The number of benzene rings is 1. The monoisotopic (exact) mass is 278 g/mol. The van der Waals surface area contributed by atoms with Gasteiger partial charge in [-0.15, -0.1) is 0 Å². The Morgan fingerprint density at radius 1 is 1.47 bits per heavy atom. The number of nitrogens with two attached hydrogens (primary N) is 1. The van der Waals surface area contributed by atoms with Gasteiger partial charge in [0.15, 0.2) is 0 Å². The molecule has 0 saturated carbocycles. The average Bonchev–Trinajstić information content (AvgIpc) is 2.73. The zero-order chi connectivity index (χ0) is 13.8. The Balaban J connectivity index is 1.98. The number of halogens is 1. The molecule has 2 rings (SSSR count). The van der Waals surface area contributed by atoms with Crippen LogP contribution in [0.5, 0.6) is 0 Å². The van der Waals surface area contributed by atoms with E-state index in [1.165, 1.54) is 0 Å². The first kappa shape index (κ1) is 13.9. The van der Waals surface area contributed by atoms with Crippen LogP contribution >= 0.6 is 11.6 Å². The van der Waals surface area contributed by atoms with Crippen molar-refractivity contribution in [3.8, 4) is 11.8 Å². The lowest BCUT2D eigenvalue weighted by Gasteiger charge is -2.17. The zero-order valence-electron chi connectivity index (χ0n) is 10.3. The highest BCUT2D eigenvalue weighted by Crippen LogP contribution is 2.16. The van der Waals surface area contributed by atoms with Crippen LogP contribution in [0.1, 0.15) is 12.0 Å². The topological polar surface area (TPSA) is 66.6 Å². The summed E-state index contributed by atoms with van der Waals surface area (Å²) in [5.41, 5.74) is 6.16. The third-order valence-electron chi connectivity index (χ3n) is 3.07. The van der Waals surface area contributed by atoms with Gasteiger partial charge in [-0.1, -0.05) is 23.4 Å². The highest BCUT2D eigenvalue weighted by Gasteiger charge is 2.33. The second-order valence-corrected chi connectivity index (χ2v) is 4.98. The first-order valence-corrected chi connectivity index (χ1v) is 6.40. The molecule has 5 heteroatoms. The third kappa shape index (κ3) is 3.71. The molecule has 1 heterocycles. The highest BCUT2D eigenvalue weighted by molar-refractivity contribution is 6.30. The first-order valence-electron chi connectivity index (χ1n) is 6.02. The molecule has 1 aromatic carbocycles. The van der Waals surface area contributed by atoms with Crippen molar-refractivity contribution < 1.29 is 9.90 Å². The lowest BCUT2D eigenvalue weighted by molar-refractivity contribution is -0.122. The fourth-order valence-corrected chi connectivity index (χ4v) is 2.25. The number of amides is 1. The zero-order valence-corrected chi connectivity index (χ0v) is 11.1. The highest BCUT2D eigenvalue weighted by atomic mass is 35.5. The van der Waals surface area contributed by atoms with E-state index in [1.54, 1.807) is 17.0 Å². The van der Waals surface area contributed by atoms with Gasteiger partial charge in [0.2, 0.25) is 5.91 Å². The van der Waals surface area contributed by atoms with Crippen LogP contribution in [0.15, 0.2) is 24.3 Å². The van der Waals surface area contributed by atoms with Gasteiger partial charge in [-0.25, -0.2) is 0 Å². The second kappa shape index (κ2) is 6.07. The van der Waals surface area contributed by atoms with E-state index >= 15 is 0 Å². The molecule has 1 fully saturated rings. The molecule has 0 aliphatic carbocycles. The lowest BCUT2D eigenvalue weighted by Crippen LogP contribution is -2.40. The summed E-state index contributed by atoms with van der Waals surface area (Å²) in [6.07, 6.45) is -0.118. The van der Waals surface area contributed by atoms with Crippen LogP contribution in [0.2, 0.25) is 5.02 Å². The van der Waals surface area contributed by atoms with Crippen molar-refractivity contribution >= 4 is 17.5 Å². The molecular weight excluding hydrogens is 264 g/mol. The van der Waals surface area contributed by atoms with E-state index in [-0.39, 0.29) is 0 Å². The molecule has 1 aliphatic heterocycles. The van der Waals surface area contributed by atoms with Gasteiger partial charge in [0.1, 0.15) is 0 Å². The van der Waals surface area contributed by atoms with Gasteiger partial charge in [0.25, 0.3) is 0 Å². The largest absolute Gasteiger partial charge is 0.392 e. The Labute approximate surface area is 117 Å². The van der Waals surface area contributed by atoms with Crippen LogP contribution in [-0.2, 0) is 4.79 Å². The quantitative estimate of drug-likeness (QED) is 0.779. The Morgan fingerprint density at radius 2 is 2.16 bits per heavy atom. The predicted molar refractivity (Wildman–Crippen MR) is 73.5 cm³/mol. The summed E-state index contributed by atoms with van der Waals surface area (Å²) in [5, 5.41) is 10.2. The summed E-state index contributed by atoms with van der Waals surface area (Å²) in [7, 11) is 0. The van der Waals surface area contributed by atoms with E-state index in [0.29, 0.717) is 24.5 Å². The number of primary amides is 1. The summed E-state index contributed by atoms with van der Waals surface area (Å²) >= 11 is 5.78. The smallest absolute Gasteiger partial charge is 0.234 e. The van der Waals surface area contributed by atoms with Crippen LogP contribution in [0, 0.1) is 11.8 Å². The van der Waals surface area contributed by atoms with E-state index in [0.717, 1.165) is 5.56 Å². The van der Waals surface area contributed by atoms with Crippen molar-refractivity contribution in [3.63, 3.8) is 0 Å². The number of carbonyl (C=O) groups excluding carboxylic acids is 1. The molecule has 100 valence electrons. The summed E-state index contributed by atoms with van der Waals surface area (Å²) in [6.45, 7) is 0.843. The standard InChI is InChI=1S/C14H15ClN2O2/c15-11-5-3-10(4-6-11)2-1-7-17-9-12(18)8-13(17)14(16)19/h3-6,12-13,18H,7-9H2,(H2,16,19). The Morgan fingerprint density at radius 3 is 2.79 bits per heavy atom. The number of nitrogens with zero attached hydrogens (tertiary/aromatic N) is 1. The molecule has 1 saturated heterocycles. The van der Waals surface area contributed by atoms with Crippen molar-refractivity contribution in [2.75, 3.05) is 13.1 Å². The van der Waals surface area contributed by atoms with Crippen LogP contribution in [0.4, 0.5) is 0 Å². The SMILES string of the molecule is NC(=O)C1CC(O)CN1CC#Cc1ccc(Cl)cc1. The molecule has 2 atom stereocenters. The fourth-order valence-electron chi connectivity index (χ4n) is 2.13. The minimum Gasteiger partial charge on any atom is -0.392 e. The summed E-state index contributed by atoms with van der Waals surface area (Å²) in [5.74, 6) is 5.56. The maximum absolute atomic E-state index is 11.2. The average molecular weight is 279 g/mol. The van der Waals surface area contributed by atoms with Crippen LogP contribution in [-0.4, -0.2) is 41.1 Å². The number of rotatable bonds is 2.